The molecular formula is C76H102N6O10S8. The summed E-state index contributed by atoms with van der Waals surface area (Å²) in [5, 5.41) is 10.7. The molecule has 0 spiro atoms. The molecule has 4 aromatic carbocycles. The predicted molar refractivity (Wildman–Crippen MR) is 425 cm³/mol. The molecule has 8 heterocycles. The van der Waals surface area contributed by atoms with Gasteiger partial charge in [0.15, 0.2) is 5.89 Å². The van der Waals surface area contributed by atoms with E-state index in [2.05, 4.69) is 125 Å². The molecule has 0 aliphatic heterocycles. The Morgan fingerprint density at radius 2 is 0.990 bits per heavy atom. The molecule has 12 rings (SSSR count). The van der Waals surface area contributed by atoms with Gasteiger partial charge in [0, 0.05) is 78.0 Å². The number of benzene rings is 4. The van der Waals surface area contributed by atoms with Crippen molar-refractivity contribution in [3.05, 3.63) is 262 Å². The zero-order valence-electron chi connectivity index (χ0n) is 59.9. The summed E-state index contributed by atoms with van der Waals surface area (Å²) >= 11 is 13.8. The molecule has 100 heavy (non-hydrogen) atoms. The van der Waals surface area contributed by atoms with Gasteiger partial charge in [0.05, 0.1) is 62.9 Å². The first-order chi connectivity index (χ1) is 49.2. The number of methoxy groups -OCH3 is 3. The number of ether oxygens (including phenoxy) is 6. The summed E-state index contributed by atoms with van der Waals surface area (Å²) in [6.07, 6.45) is 23.4. The molecule has 0 unspecified atom stereocenters. The predicted octanol–water partition coefficient (Wildman–Crippen LogP) is 23.0. The number of hydrogen-bond donors (Lipinski definition) is 0. The topological polar surface area (TPSA) is 185 Å². The number of thiophene rings is 1. The van der Waals surface area contributed by atoms with Gasteiger partial charge in [-0.25, -0.2) is 24.9 Å². The average molecular weight is 1520 g/mol. The van der Waals surface area contributed by atoms with Gasteiger partial charge < -0.3 is 46.1 Å². The third-order valence-corrected chi connectivity index (χ3v) is 17.2. The first-order valence-corrected chi connectivity index (χ1v) is 40.4. The van der Waals surface area contributed by atoms with Gasteiger partial charge in [-0.05, 0) is 123 Å². The van der Waals surface area contributed by atoms with E-state index in [1.807, 2.05) is 169 Å². The number of rotatable bonds is 24. The van der Waals surface area contributed by atoms with Crippen LogP contribution in [0.1, 0.15) is 101 Å². The Bertz CT molecular complexity index is 2770. The lowest BCUT2D eigenvalue weighted by atomic mass is 10.2. The van der Waals surface area contributed by atoms with Gasteiger partial charge in [-0.15, -0.1) is 45.8 Å². The number of thioether (sulfide) groups is 4. The minimum atomic E-state index is 0.340. The van der Waals surface area contributed by atoms with E-state index in [1.54, 1.807) is 122 Å². The average Bonchev–Trinajstić information content (AvgIpc) is 4.28. The van der Waals surface area contributed by atoms with E-state index >= 15 is 0 Å². The summed E-state index contributed by atoms with van der Waals surface area (Å²) in [6, 6.07) is 48.7. The van der Waals surface area contributed by atoms with Crippen LogP contribution in [-0.2, 0) is 52.6 Å². The Morgan fingerprint density at radius 3 is 1.47 bits per heavy atom. The zero-order valence-corrected chi connectivity index (χ0v) is 66.4. The Kier molecular flexibility index (Phi) is 63.0. The summed E-state index contributed by atoms with van der Waals surface area (Å²) in [7, 11) is 5.05. The minimum absolute atomic E-state index is 0.340. The van der Waals surface area contributed by atoms with Crippen LogP contribution in [0, 0.1) is 0 Å². The zero-order chi connectivity index (χ0) is 72.7. The Morgan fingerprint density at radius 1 is 0.410 bits per heavy atom. The van der Waals surface area contributed by atoms with Crippen LogP contribution in [0.25, 0.3) is 0 Å². The molecule has 0 fully saturated rings. The lowest BCUT2D eigenvalue weighted by Gasteiger charge is -1.99. The maximum absolute atomic E-state index is 5.21. The van der Waals surface area contributed by atoms with Gasteiger partial charge in [0.25, 0.3) is 10.4 Å². The van der Waals surface area contributed by atoms with Crippen molar-refractivity contribution in [3.63, 3.8) is 0 Å². The van der Waals surface area contributed by atoms with Gasteiger partial charge in [-0.3, -0.25) is 0 Å². The molecule has 12 aromatic rings. The molecule has 24 heteroatoms. The molecule has 0 saturated carbocycles. The first-order valence-electron chi connectivity index (χ1n) is 32.5. The van der Waals surface area contributed by atoms with Crippen LogP contribution in [-0.4, -0.2) is 94.6 Å². The van der Waals surface area contributed by atoms with Crippen LogP contribution >= 0.6 is 92.4 Å². The molecule has 0 radical (unpaired) electrons. The van der Waals surface area contributed by atoms with Crippen LogP contribution < -0.4 is 14.2 Å². The third-order valence-electron chi connectivity index (χ3n) is 10.8. The highest BCUT2D eigenvalue weighted by Gasteiger charge is 1.96. The third kappa shape index (κ3) is 53.9. The van der Waals surface area contributed by atoms with Crippen LogP contribution in [0.4, 0.5) is 0 Å². The normalized spacial score (nSPS) is 9.44. The Labute approximate surface area is 628 Å². The van der Waals surface area contributed by atoms with Gasteiger partial charge >= 0.3 is 6.08 Å². The van der Waals surface area contributed by atoms with Gasteiger partial charge in [-0.2, -0.15) is 16.7 Å². The van der Waals surface area contributed by atoms with Crippen LogP contribution in [0.5, 0.6) is 17.0 Å². The highest BCUT2D eigenvalue weighted by atomic mass is 32.2. The Balaban J connectivity index is 0.000000546. The number of oxazole rings is 3. The number of para-hydroxylation sites is 1. The summed E-state index contributed by atoms with van der Waals surface area (Å²) in [5.41, 5.74) is 2.63. The second-order valence-electron chi connectivity index (χ2n) is 18.6. The second-order valence-corrected chi connectivity index (χ2v) is 27.3. The fourth-order valence-corrected chi connectivity index (χ4v) is 11.9. The van der Waals surface area contributed by atoms with Crippen molar-refractivity contribution in [3.8, 4) is 17.0 Å². The molecule has 0 atom stereocenters. The van der Waals surface area contributed by atoms with Crippen molar-refractivity contribution in [2.24, 2.45) is 0 Å². The molecule has 0 aliphatic rings. The number of hydrogen-bond acceptors (Lipinski definition) is 24. The molecular weight excluding hydrogens is 1410 g/mol. The second kappa shape index (κ2) is 69.2. The molecule has 0 amide bonds. The van der Waals surface area contributed by atoms with Crippen molar-refractivity contribution in [1.29, 1.82) is 0 Å². The highest BCUT2D eigenvalue weighted by Crippen LogP contribution is 2.19. The van der Waals surface area contributed by atoms with Gasteiger partial charge in [0.1, 0.15) is 41.2 Å². The highest BCUT2D eigenvalue weighted by molar-refractivity contribution is 8.01. The summed E-state index contributed by atoms with van der Waals surface area (Å²) < 4.78 is 50.5. The minimum Gasteiger partial charge on any atom is -0.494 e. The Hall–Kier alpha value is -6.94. The van der Waals surface area contributed by atoms with Crippen molar-refractivity contribution >= 4 is 92.4 Å². The van der Waals surface area contributed by atoms with Crippen molar-refractivity contribution in [1.82, 2.24) is 29.9 Å². The van der Waals surface area contributed by atoms with Gasteiger partial charge in [-0.1, -0.05) is 173 Å². The summed E-state index contributed by atoms with van der Waals surface area (Å²) in [5.74, 6) is 7.07. The lowest BCUT2D eigenvalue weighted by Crippen LogP contribution is -1.89. The van der Waals surface area contributed by atoms with Crippen LogP contribution in [0.15, 0.2) is 261 Å². The fourth-order valence-electron chi connectivity index (χ4n) is 6.72. The lowest BCUT2D eigenvalue weighted by molar-refractivity contribution is 0.164. The van der Waals surface area contributed by atoms with Gasteiger partial charge in [0.2, 0.25) is 0 Å². The fraction of sp³-hybridized carbons (Fsp3) is 0.342. The van der Waals surface area contributed by atoms with Crippen molar-refractivity contribution in [2.45, 2.75) is 121 Å². The monoisotopic (exact) mass is 1510 g/mol. The van der Waals surface area contributed by atoms with E-state index < -0.39 is 0 Å². The van der Waals surface area contributed by atoms with Crippen molar-refractivity contribution in [2.75, 3.05) is 64.7 Å². The smallest absolute Gasteiger partial charge is 0.393 e. The standard InChI is InChI=1S/2C8H10O.2C8H10S.C6H9NO.C6H9NS.C6H8O2.C6H8OS.C5H7NO2.2C5H7NOS.C5H7NS2/c1-9-7-8-5-3-2-4-6-8;1-2-9-8-6-4-3-5-7-8;1-9-7-8-5-3-2-4-6-8;1-2-9-8-6-4-3-5-7-8;2*1-2-3-6-7-4-5-8-6;2*1-7-5-6-3-2-4-8-6;1-2-7-5-6-3-4-8-5;1-2-8-5-6-3-4-7-5;2*1-2-7-5-6-3-4-8-5/h2-6H,7H2,1H3;3-7H,2H2,1H3;2-6H,7H2,1H3;3-7H,2H2,1H3;2*4-5H,2-3H2,1H3;2*2-4H,5H2,1H3;4*3-4H,2H2,1H3. The first kappa shape index (κ1) is 91.1. The summed E-state index contributed by atoms with van der Waals surface area (Å²) in [6.45, 7) is 20.5. The van der Waals surface area contributed by atoms with E-state index in [1.165, 1.54) is 54.3 Å². The number of nitrogens with zero attached hydrogens (tertiary/aromatic N) is 6. The quantitative estimate of drug-likeness (QED) is 0.0520. The van der Waals surface area contributed by atoms with E-state index in [9.17, 15) is 0 Å². The number of thiazole rings is 3. The van der Waals surface area contributed by atoms with E-state index in [-0.39, 0.29) is 0 Å². The molecule has 0 aliphatic carbocycles. The maximum atomic E-state index is 5.21. The number of aryl methyl sites for hydroxylation is 2. The molecule has 0 saturated heterocycles. The van der Waals surface area contributed by atoms with E-state index in [4.69, 9.17) is 46.1 Å². The number of furan rings is 1. The van der Waals surface area contributed by atoms with Crippen LogP contribution in [0.3, 0.4) is 0 Å². The van der Waals surface area contributed by atoms with Crippen LogP contribution in [0.2, 0.25) is 0 Å². The number of aromatic nitrogens is 6. The SMILES string of the molecule is CCCc1ncco1.CCCc1nccs1.CCOc1ccccc1.CCOc1ncco1.CCOc1nccs1.CCSc1ccccc1.CCSc1ncco1.CCSc1nccs1.COCc1ccccc1.COCc1ccco1.COCc1cccs1.CSCc1ccccc1. The largest absolute Gasteiger partial charge is 0.494 e. The summed E-state index contributed by atoms with van der Waals surface area (Å²) in [4.78, 5) is 26.3. The molecule has 0 bridgehead atoms. The molecule has 544 valence electrons. The molecule has 16 nitrogen and oxygen atoms in total. The molecule has 8 aromatic heterocycles. The molecule has 0 N–H and O–H groups in total. The van der Waals surface area contributed by atoms with E-state index in [0.717, 1.165) is 83.3 Å². The maximum Gasteiger partial charge on any atom is 0.393 e. The van der Waals surface area contributed by atoms with E-state index in [0.29, 0.717) is 32.5 Å². The van der Waals surface area contributed by atoms with Crippen molar-refractivity contribution < 1.29 is 46.1 Å².